The number of ether oxygens (including phenoxy) is 1. The average Bonchev–Trinajstić information content (AvgIpc) is 2.83. The molecule has 0 aliphatic carbocycles. The van der Waals surface area contributed by atoms with Crippen LogP contribution >= 0.6 is 11.3 Å². The van der Waals surface area contributed by atoms with E-state index in [9.17, 15) is 4.79 Å². The third kappa shape index (κ3) is 1.87. The number of aromatic nitrogens is 4. The minimum Gasteiger partial charge on any atom is -0.495 e. The van der Waals surface area contributed by atoms with Crippen molar-refractivity contribution in [1.29, 1.82) is 0 Å². The van der Waals surface area contributed by atoms with Crippen LogP contribution in [0.2, 0.25) is 0 Å². The fourth-order valence-corrected chi connectivity index (χ4v) is 1.94. The molecule has 84 valence electrons. The van der Waals surface area contributed by atoms with Gasteiger partial charge < -0.3 is 9.57 Å². The van der Waals surface area contributed by atoms with Crippen molar-refractivity contribution >= 4 is 17.3 Å². The van der Waals surface area contributed by atoms with Crippen LogP contribution in [0.1, 0.15) is 6.92 Å². The Morgan fingerprint density at radius 1 is 1.56 bits per heavy atom. The Morgan fingerprint density at radius 2 is 2.38 bits per heavy atom. The summed E-state index contributed by atoms with van der Waals surface area (Å²) in [5.74, 6) is 0.472. The van der Waals surface area contributed by atoms with Gasteiger partial charge in [0, 0.05) is 6.92 Å². The van der Waals surface area contributed by atoms with Gasteiger partial charge in [0.25, 0.3) is 0 Å². The molecular formula is C8H8N4O3S. The van der Waals surface area contributed by atoms with Crippen LogP contribution in [0.4, 0.5) is 0 Å². The molecule has 0 amide bonds. The number of nitrogens with zero attached hydrogens (tertiary/aromatic N) is 4. The average molecular weight is 240 g/mol. The molecule has 7 nitrogen and oxygen atoms in total. The third-order valence-electron chi connectivity index (χ3n) is 1.71. The molecule has 0 aromatic carbocycles. The second-order valence-corrected chi connectivity index (χ2v) is 3.69. The summed E-state index contributed by atoms with van der Waals surface area (Å²) in [4.78, 5) is 17.3. The van der Waals surface area contributed by atoms with Crippen LogP contribution < -0.4 is 9.57 Å². The predicted octanol–water partition coefficient (Wildman–Crippen LogP) is 0.385. The van der Waals surface area contributed by atoms with Crippen molar-refractivity contribution in [3.05, 3.63) is 11.4 Å². The number of thiophene rings is 1. The molecule has 0 saturated carbocycles. The van der Waals surface area contributed by atoms with Gasteiger partial charge >= 0.3 is 5.97 Å². The highest BCUT2D eigenvalue weighted by Crippen LogP contribution is 2.33. The van der Waals surface area contributed by atoms with Crippen LogP contribution in [0, 0.1) is 0 Å². The number of carbonyl (C=O) groups is 1. The van der Waals surface area contributed by atoms with E-state index in [-0.39, 0.29) is 0 Å². The Labute approximate surface area is 94.5 Å². The van der Waals surface area contributed by atoms with Crippen LogP contribution in [0.5, 0.6) is 5.75 Å². The summed E-state index contributed by atoms with van der Waals surface area (Å²) in [6, 6.07) is 1.78. The van der Waals surface area contributed by atoms with Gasteiger partial charge in [0.1, 0.15) is 10.6 Å². The van der Waals surface area contributed by atoms with E-state index in [1.54, 1.807) is 13.2 Å². The van der Waals surface area contributed by atoms with E-state index >= 15 is 0 Å². The van der Waals surface area contributed by atoms with Crippen molar-refractivity contribution in [2.75, 3.05) is 7.11 Å². The number of hydrogen-bond acceptors (Lipinski definition) is 7. The lowest BCUT2D eigenvalue weighted by Gasteiger charge is -2.02. The maximum Gasteiger partial charge on any atom is 0.332 e. The van der Waals surface area contributed by atoms with Crippen molar-refractivity contribution in [3.63, 3.8) is 0 Å². The second-order valence-electron chi connectivity index (χ2n) is 2.78. The Morgan fingerprint density at radius 3 is 3.06 bits per heavy atom. The standard InChI is InChI=1S/C8H8N4O3S/c1-5(13)15-12-8(9-10-11-12)7-6(14-2)3-4-16-7/h3-4H,1-2H3. The lowest BCUT2D eigenvalue weighted by atomic mass is 10.4. The molecule has 2 heterocycles. The van der Waals surface area contributed by atoms with Crippen molar-refractivity contribution in [3.8, 4) is 16.5 Å². The first kappa shape index (κ1) is 10.6. The van der Waals surface area contributed by atoms with E-state index in [4.69, 9.17) is 9.57 Å². The molecule has 2 aromatic rings. The zero-order chi connectivity index (χ0) is 11.5. The Hall–Kier alpha value is -1.96. The number of rotatable bonds is 3. The molecule has 0 N–H and O–H groups in total. The molecule has 2 aromatic heterocycles. The van der Waals surface area contributed by atoms with Crippen molar-refractivity contribution < 1.29 is 14.4 Å². The molecule has 8 heteroatoms. The smallest absolute Gasteiger partial charge is 0.332 e. The van der Waals surface area contributed by atoms with Gasteiger partial charge in [0.05, 0.1) is 7.11 Å². The second kappa shape index (κ2) is 4.27. The Kier molecular flexibility index (Phi) is 2.82. The van der Waals surface area contributed by atoms with Crippen LogP contribution in [0.3, 0.4) is 0 Å². The van der Waals surface area contributed by atoms with Gasteiger partial charge in [-0.05, 0) is 26.7 Å². The predicted molar refractivity (Wildman–Crippen MR) is 54.9 cm³/mol. The van der Waals surface area contributed by atoms with Crippen LogP contribution in [0.15, 0.2) is 11.4 Å². The van der Waals surface area contributed by atoms with E-state index in [0.29, 0.717) is 16.5 Å². The molecule has 0 aliphatic rings. The largest absolute Gasteiger partial charge is 0.495 e. The minimum absolute atomic E-state index is 0.335. The van der Waals surface area contributed by atoms with Gasteiger partial charge in [0.15, 0.2) is 0 Å². The lowest BCUT2D eigenvalue weighted by molar-refractivity contribution is -0.143. The molecule has 2 rings (SSSR count). The lowest BCUT2D eigenvalue weighted by Crippen LogP contribution is -2.19. The zero-order valence-electron chi connectivity index (χ0n) is 8.58. The number of hydrogen-bond donors (Lipinski definition) is 0. The van der Waals surface area contributed by atoms with E-state index in [0.717, 1.165) is 4.85 Å². The monoisotopic (exact) mass is 240 g/mol. The normalized spacial score (nSPS) is 10.1. The molecule has 0 atom stereocenters. The van der Waals surface area contributed by atoms with Gasteiger partial charge in [-0.1, -0.05) is 0 Å². The fraction of sp³-hybridized carbons (Fsp3) is 0.250. The molecule has 0 unspecified atom stereocenters. The SMILES string of the molecule is COc1ccsc1-c1nnnn1OC(C)=O. The first-order chi connectivity index (χ1) is 7.72. The summed E-state index contributed by atoms with van der Waals surface area (Å²) in [5, 5.41) is 12.6. The van der Waals surface area contributed by atoms with E-state index < -0.39 is 5.97 Å². The van der Waals surface area contributed by atoms with Crippen LogP contribution in [-0.4, -0.2) is 33.4 Å². The van der Waals surface area contributed by atoms with Crippen molar-refractivity contribution in [2.45, 2.75) is 6.92 Å². The quantitative estimate of drug-likeness (QED) is 0.722. The summed E-state index contributed by atoms with van der Waals surface area (Å²) >= 11 is 1.39. The molecule has 0 radical (unpaired) electrons. The molecule has 16 heavy (non-hydrogen) atoms. The van der Waals surface area contributed by atoms with Gasteiger partial charge in [0.2, 0.25) is 5.82 Å². The number of tetrazole rings is 1. The Balaban J connectivity index is 2.40. The fourth-order valence-electron chi connectivity index (χ4n) is 1.12. The van der Waals surface area contributed by atoms with Gasteiger partial charge in [-0.3, -0.25) is 0 Å². The Bertz CT molecular complexity index is 507. The molecule has 0 spiro atoms. The number of methoxy groups -OCH3 is 1. The highest BCUT2D eigenvalue weighted by Gasteiger charge is 2.17. The molecule has 0 saturated heterocycles. The maximum absolute atomic E-state index is 10.8. The van der Waals surface area contributed by atoms with Crippen LogP contribution in [0.25, 0.3) is 10.7 Å². The van der Waals surface area contributed by atoms with Crippen molar-refractivity contribution in [2.24, 2.45) is 0 Å². The summed E-state index contributed by atoms with van der Waals surface area (Å²) in [6.45, 7) is 1.27. The first-order valence-electron chi connectivity index (χ1n) is 4.31. The summed E-state index contributed by atoms with van der Waals surface area (Å²) in [5.41, 5.74) is 0. The molecule has 0 aliphatic heterocycles. The minimum atomic E-state index is -0.496. The summed E-state index contributed by atoms with van der Waals surface area (Å²) in [6.07, 6.45) is 0. The van der Waals surface area contributed by atoms with E-state index in [1.165, 1.54) is 18.3 Å². The van der Waals surface area contributed by atoms with Gasteiger partial charge in [-0.15, -0.1) is 16.4 Å². The molecule has 0 fully saturated rings. The van der Waals surface area contributed by atoms with E-state index in [2.05, 4.69) is 15.5 Å². The maximum atomic E-state index is 10.8. The van der Waals surface area contributed by atoms with Gasteiger partial charge in [-0.2, -0.15) is 0 Å². The molecule has 0 bridgehead atoms. The highest BCUT2D eigenvalue weighted by molar-refractivity contribution is 7.13. The summed E-state index contributed by atoms with van der Waals surface area (Å²) in [7, 11) is 1.55. The summed E-state index contributed by atoms with van der Waals surface area (Å²) < 4.78 is 5.13. The highest BCUT2D eigenvalue weighted by atomic mass is 32.1. The topological polar surface area (TPSA) is 79.1 Å². The van der Waals surface area contributed by atoms with E-state index in [1.807, 2.05) is 5.38 Å². The van der Waals surface area contributed by atoms with Crippen molar-refractivity contribution in [1.82, 2.24) is 20.4 Å². The third-order valence-corrected chi connectivity index (χ3v) is 2.60. The molecular weight excluding hydrogens is 232 g/mol. The van der Waals surface area contributed by atoms with Crippen LogP contribution in [-0.2, 0) is 4.79 Å². The zero-order valence-corrected chi connectivity index (χ0v) is 9.39. The number of carbonyl (C=O) groups excluding carboxylic acids is 1. The first-order valence-corrected chi connectivity index (χ1v) is 5.19. The van der Waals surface area contributed by atoms with Gasteiger partial charge in [-0.25, -0.2) is 4.79 Å².